The van der Waals surface area contributed by atoms with Gasteiger partial charge in [0.1, 0.15) is 6.07 Å². The van der Waals surface area contributed by atoms with Crippen molar-refractivity contribution in [2.45, 2.75) is 22.6 Å². The highest BCUT2D eigenvalue weighted by Crippen LogP contribution is 2.33. The van der Waals surface area contributed by atoms with Crippen molar-refractivity contribution in [3.05, 3.63) is 90.0 Å². The number of likely N-dealkylation sites (tertiary alicyclic amines) is 1. The smallest absolute Gasteiger partial charge is 0.255 e. The van der Waals surface area contributed by atoms with Gasteiger partial charge in [0.2, 0.25) is 5.91 Å². The largest absolute Gasteiger partial charge is 0.338 e. The van der Waals surface area contributed by atoms with E-state index in [1.807, 2.05) is 72.8 Å². The van der Waals surface area contributed by atoms with E-state index in [0.717, 1.165) is 28.3 Å². The summed E-state index contributed by atoms with van der Waals surface area (Å²) in [7, 11) is 0. The highest BCUT2D eigenvalue weighted by Gasteiger charge is 2.30. The molecule has 2 amide bonds. The number of nitriles is 1. The van der Waals surface area contributed by atoms with Gasteiger partial charge in [0.15, 0.2) is 0 Å². The van der Waals surface area contributed by atoms with E-state index in [0.29, 0.717) is 24.2 Å². The van der Waals surface area contributed by atoms with Crippen LogP contribution in [-0.2, 0) is 4.79 Å². The van der Waals surface area contributed by atoms with Gasteiger partial charge in [0.05, 0.1) is 17.0 Å². The van der Waals surface area contributed by atoms with Crippen LogP contribution >= 0.6 is 11.8 Å². The van der Waals surface area contributed by atoms with Crippen molar-refractivity contribution >= 4 is 29.3 Å². The number of anilines is 1. The molecule has 1 N–H and O–H groups in total. The normalized spacial score (nSPS) is 15.6. The molecule has 3 aromatic rings. The molecule has 4 rings (SSSR count). The number of hydrogen-bond donors (Lipinski definition) is 1. The first kappa shape index (κ1) is 21.7. The number of para-hydroxylation sites is 1. The van der Waals surface area contributed by atoms with Crippen LogP contribution in [0.5, 0.6) is 0 Å². The molecule has 1 saturated heterocycles. The summed E-state index contributed by atoms with van der Waals surface area (Å²) in [6, 6.07) is 26.4. The third-order valence-corrected chi connectivity index (χ3v) is 6.62. The Morgan fingerprint density at radius 1 is 0.938 bits per heavy atom. The minimum atomic E-state index is -0.243. The van der Waals surface area contributed by atoms with E-state index in [1.165, 1.54) is 11.8 Å². The molecule has 1 atom stereocenters. The molecule has 0 radical (unpaired) electrons. The molecule has 1 aliphatic heterocycles. The average molecular weight is 442 g/mol. The maximum Gasteiger partial charge on any atom is 0.255 e. The van der Waals surface area contributed by atoms with Crippen LogP contribution in [0.2, 0.25) is 0 Å². The second kappa shape index (κ2) is 10.2. The summed E-state index contributed by atoms with van der Waals surface area (Å²) in [6.45, 7) is 1.02. The third kappa shape index (κ3) is 5.01. The van der Waals surface area contributed by atoms with E-state index in [4.69, 9.17) is 0 Å². The van der Waals surface area contributed by atoms with Gasteiger partial charge < -0.3 is 10.2 Å². The fourth-order valence-electron chi connectivity index (χ4n) is 3.81. The quantitative estimate of drug-likeness (QED) is 0.591. The van der Waals surface area contributed by atoms with Gasteiger partial charge in [0, 0.05) is 28.6 Å². The number of carbonyl (C=O) groups excluding carboxylic acids is 2. The molecule has 0 aromatic heterocycles. The lowest BCUT2D eigenvalue weighted by atomic mass is 9.96. The molecule has 3 aromatic carbocycles. The number of carbonyl (C=O) groups is 2. The summed E-state index contributed by atoms with van der Waals surface area (Å²) < 4.78 is 0. The molecular weight excluding hydrogens is 418 g/mol. The molecule has 0 aliphatic carbocycles. The number of amides is 2. The summed E-state index contributed by atoms with van der Waals surface area (Å²) >= 11 is 1.42. The van der Waals surface area contributed by atoms with E-state index >= 15 is 0 Å². The zero-order valence-electron chi connectivity index (χ0n) is 17.5. The lowest BCUT2D eigenvalue weighted by Crippen LogP contribution is -2.43. The van der Waals surface area contributed by atoms with Gasteiger partial charge >= 0.3 is 0 Å². The lowest BCUT2D eigenvalue weighted by molar-refractivity contribution is -0.121. The first-order chi connectivity index (χ1) is 15.7. The number of piperidine rings is 1. The van der Waals surface area contributed by atoms with Crippen molar-refractivity contribution < 1.29 is 9.59 Å². The molecule has 32 heavy (non-hydrogen) atoms. The van der Waals surface area contributed by atoms with Crippen LogP contribution in [0, 0.1) is 17.2 Å². The minimum absolute atomic E-state index is 0.0562. The Balaban J connectivity index is 1.49. The molecule has 6 heteroatoms. The number of nitrogens with zero attached hydrogens (tertiary/aromatic N) is 2. The lowest BCUT2D eigenvalue weighted by Gasteiger charge is -2.32. The number of hydrogen-bond acceptors (Lipinski definition) is 4. The van der Waals surface area contributed by atoms with Gasteiger partial charge in [-0.2, -0.15) is 5.26 Å². The standard InChI is InChI=1S/C26H23N3O2S/c27-17-19-9-4-6-14-23(19)32-24-15-7-5-13-22(24)26(31)29-16-8-10-20(18-29)25(30)28-21-11-2-1-3-12-21/h1-7,9,11-15,20H,8,10,16,18H2,(H,28,30). The zero-order chi connectivity index (χ0) is 22.3. The van der Waals surface area contributed by atoms with Crippen LogP contribution < -0.4 is 5.32 Å². The van der Waals surface area contributed by atoms with Crippen LogP contribution in [0.15, 0.2) is 88.7 Å². The molecular formula is C26H23N3O2S. The number of rotatable bonds is 5. The predicted molar refractivity (Wildman–Crippen MR) is 125 cm³/mol. The summed E-state index contributed by atoms with van der Waals surface area (Å²) in [5, 5.41) is 12.3. The Bertz CT molecular complexity index is 1160. The van der Waals surface area contributed by atoms with Crippen LogP contribution in [-0.4, -0.2) is 29.8 Å². The predicted octanol–water partition coefficient (Wildman–Crippen LogP) is 5.20. The van der Waals surface area contributed by atoms with Crippen molar-refractivity contribution in [2.75, 3.05) is 18.4 Å². The van der Waals surface area contributed by atoms with E-state index < -0.39 is 0 Å². The molecule has 1 aliphatic rings. The fraction of sp³-hybridized carbons (Fsp3) is 0.192. The SMILES string of the molecule is N#Cc1ccccc1Sc1ccccc1C(=O)N1CCCC(C(=O)Nc2ccccc2)C1. The van der Waals surface area contributed by atoms with Gasteiger partial charge in [-0.3, -0.25) is 9.59 Å². The second-order valence-corrected chi connectivity index (χ2v) is 8.74. The Morgan fingerprint density at radius 2 is 1.62 bits per heavy atom. The van der Waals surface area contributed by atoms with Gasteiger partial charge in [-0.15, -0.1) is 0 Å². The van der Waals surface area contributed by atoms with Crippen LogP contribution in [0.3, 0.4) is 0 Å². The second-order valence-electron chi connectivity index (χ2n) is 7.65. The first-order valence-corrected chi connectivity index (χ1v) is 11.4. The third-order valence-electron chi connectivity index (χ3n) is 5.47. The maximum atomic E-state index is 13.4. The highest BCUT2D eigenvalue weighted by atomic mass is 32.2. The van der Waals surface area contributed by atoms with Crippen LogP contribution in [0.1, 0.15) is 28.8 Å². The van der Waals surface area contributed by atoms with Crippen molar-refractivity contribution in [2.24, 2.45) is 5.92 Å². The Morgan fingerprint density at radius 3 is 2.41 bits per heavy atom. The highest BCUT2D eigenvalue weighted by molar-refractivity contribution is 7.99. The topological polar surface area (TPSA) is 73.2 Å². The van der Waals surface area contributed by atoms with Crippen molar-refractivity contribution in [1.29, 1.82) is 5.26 Å². The average Bonchev–Trinajstić information content (AvgIpc) is 2.85. The molecule has 1 unspecified atom stereocenters. The summed E-state index contributed by atoms with van der Waals surface area (Å²) in [4.78, 5) is 29.6. The van der Waals surface area contributed by atoms with E-state index in [2.05, 4.69) is 11.4 Å². The molecule has 1 heterocycles. The molecule has 0 saturated carbocycles. The molecule has 0 spiro atoms. The minimum Gasteiger partial charge on any atom is -0.338 e. The van der Waals surface area contributed by atoms with Crippen molar-refractivity contribution in [3.63, 3.8) is 0 Å². The summed E-state index contributed by atoms with van der Waals surface area (Å²) in [5.41, 5.74) is 1.93. The van der Waals surface area contributed by atoms with E-state index in [9.17, 15) is 14.9 Å². The van der Waals surface area contributed by atoms with Gasteiger partial charge in [-0.1, -0.05) is 54.2 Å². The number of nitrogens with one attached hydrogen (secondary N) is 1. The van der Waals surface area contributed by atoms with Crippen molar-refractivity contribution in [1.82, 2.24) is 4.90 Å². The number of benzene rings is 3. The zero-order valence-corrected chi connectivity index (χ0v) is 18.3. The summed E-state index contributed by atoms with van der Waals surface area (Å²) in [5.74, 6) is -0.383. The van der Waals surface area contributed by atoms with E-state index in [-0.39, 0.29) is 17.7 Å². The first-order valence-electron chi connectivity index (χ1n) is 10.6. The van der Waals surface area contributed by atoms with Gasteiger partial charge in [0.25, 0.3) is 5.91 Å². The molecule has 1 fully saturated rings. The fourth-order valence-corrected chi connectivity index (χ4v) is 4.83. The monoisotopic (exact) mass is 441 g/mol. The maximum absolute atomic E-state index is 13.4. The van der Waals surface area contributed by atoms with Crippen LogP contribution in [0.4, 0.5) is 5.69 Å². The Labute approximate surface area is 192 Å². The van der Waals surface area contributed by atoms with Crippen LogP contribution in [0.25, 0.3) is 0 Å². The molecule has 0 bridgehead atoms. The van der Waals surface area contributed by atoms with E-state index in [1.54, 1.807) is 11.0 Å². The van der Waals surface area contributed by atoms with Gasteiger partial charge in [-0.05, 0) is 49.2 Å². The van der Waals surface area contributed by atoms with Crippen molar-refractivity contribution in [3.8, 4) is 6.07 Å². The Kier molecular flexibility index (Phi) is 6.88. The summed E-state index contributed by atoms with van der Waals surface area (Å²) in [6.07, 6.45) is 1.54. The van der Waals surface area contributed by atoms with Gasteiger partial charge in [-0.25, -0.2) is 0 Å². The molecule has 5 nitrogen and oxygen atoms in total. The Hall–Kier alpha value is -3.56. The molecule has 160 valence electrons.